The van der Waals surface area contributed by atoms with Crippen LogP contribution in [0, 0.1) is 5.41 Å². The molecule has 0 amide bonds. The molecule has 0 aromatic heterocycles. The summed E-state index contributed by atoms with van der Waals surface area (Å²) in [7, 11) is 0. The summed E-state index contributed by atoms with van der Waals surface area (Å²) in [6.45, 7) is 4.11. The van der Waals surface area contributed by atoms with Gasteiger partial charge in [0.25, 0.3) is 3.79 Å². The van der Waals surface area contributed by atoms with Gasteiger partial charge in [-0.05, 0) is 12.5 Å². The van der Waals surface area contributed by atoms with Crippen molar-refractivity contribution < 1.29 is 33.3 Å². The van der Waals surface area contributed by atoms with E-state index < -0.39 is 52.3 Å². The van der Waals surface area contributed by atoms with E-state index in [-0.39, 0.29) is 6.61 Å². The maximum absolute atomic E-state index is 11.8. The zero-order chi connectivity index (χ0) is 22.5. The molecule has 1 heterocycles. The summed E-state index contributed by atoms with van der Waals surface area (Å²) in [6.07, 6.45) is -5.21. The summed E-state index contributed by atoms with van der Waals surface area (Å²) in [6, 6.07) is 9.17. The molecule has 8 nitrogen and oxygen atoms in total. The molecule has 0 radical (unpaired) electrons. The van der Waals surface area contributed by atoms with Crippen molar-refractivity contribution in [2.75, 3.05) is 0 Å². The monoisotopic (exact) mass is 481 g/mol. The molecule has 1 aliphatic heterocycles. The molecule has 5 atom stereocenters. The molecule has 166 valence electrons. The van der Waals surface area contributed by atoms with Crippen molar-refractivity contribution in [1.29, 1.82) is 5.41 Å². The third kappa shape index (κ3) is 6.99. The number of ether oxygens (including phenoxy) is 5. The third-order valence-electron chi connectivity index (χ3n) is 4.11. The Morgan fingerprint density at radius 2 is 1.57 bits per heavy atom. The number of carbonyl (C=O) groups excluding carboxylic acids is 2. The van der Waals surface area contributed by atoms with Gasteiger partial charge in [-0.3, -0.25) is 15.0 Å². The Bertz CT molecular complexity index is 756. The lowest BCUT2D eigenvalue weighted by molar-refractivity contribution is -0.291. The lowest BCUT2D eigenvalue weighted by Gasteiger charge is -2.44. The lowest BCUT2D eigenvalue weighted by Crippen LogP contribution is -2.61. The molecule has 1 N–H and O–H groups in total. The van der Waals surface area contributed by atoms with E-state index in [1.165, 1.54) is 13.8 Å². The Hall–Kier alpha value is -1.58. The molecule has 1 aliphatic rings. The minimum Gasteiger partial charge on any atom is -0.456 e. The van der Waals surface area contributed by atoms with Crippen LogP contribution in [0.4, 0.5) is 0 Å². The maximum atomic E-state index is 11.8. The third-order valence-corrected chi connectivity index (χ3v) is 4.62. The van der Waals surface area contributed by atoms with Crippen LogP contribution in [0.5, 0.6) is 0 Å². The van der Waals surface area contributed by atoms with Gasteiger partial charge in [-0.15, -0.1) is 0 Å². The first-order valence-corrected chi connectivity index (χ1v) is 10.1. The van der Waals surface area contributed by atoms with Crippen LogP contribution in [0.1, 0.15) is 26.3 Å². The number of benzene rings is 1. The van der Waals surface area contributed by atoms with Crippen molar-refractivity contribution in [2.45, 2.75) is 61.9 Å². The van der Waals surface area contributed by atoms with Crippen molar-refractivity contribution in [3.63, 3.8) is 0 Å². The zero-order valence-electron chi connectivity index (χ0n) is 16.5. The second-order valence-electron chi connectivity index (χ2n) is 6.56. The lowest BCUT2D eigenvalue weighted by atomic mass is 9.98. The Morgan fingerprint density at radius 1 is 1.00 bits per heavy atom. The first-order chi connectivity index (χ1) is 14.0. The molecule has 1 aromatic rings. The van der Waals surface area contributed by atoms with Gasteiger partial charge in [0.2, 0.25) is 12.2 Å². The summed E-state index contributed by atoms with van der Waals surface area (Å²) >= 11 is 17.1. The van der Waals surface area contributed by atoms with E-state index in [4.69, 9.17) is 63.9 Å². The molecule has 0 spiro atoms. The largest absolute Gasteiger partial charge is 0.456 e. The fourth-order valence-corrected chi connectivity index (χ4v) is 3.01. The molecule has 1 saturated heterocycles. The van der Waals surface area contributed by atoms with E-state index in [1.807, 2.05) is 30.3 Å². The highest BCUT2D eigenvalue weighted by molar-refractivity contribution is 6.76. The van der Waals surface area contributed by atoms with E-state index in [0.717, 1.165) is 5.56 Å². The van der Waals surface area contributed by atoms with Gasteiger partial charge in [0.1, 0.15) is 0 Å². The molecular weight excluding hydrogens is 461 g/mol. The van der Waals surface area contributed by atoms with Crippen LogP contribution in [0.15, 0.2) is 30.3 Å². The van der Waals surface area contributed by atoms with Gasteiger partial charge >= 0.3 is 11.9 Å². The predicted octanol–water partition coefficient (Wildman–Crippen LogP) is 3.54. The summed E-state index contributed by atoms with van der Waals surface area (Å²) in [4.78, 5) is 23.3. The molecule has 0 unspecified atom stereocenters. The number of hydrogen-bond donors (Lipinski definition) is 1. The molecular formula is C19H22Cl3NO7. The SMILES string of the molecule is CC(=O)O[C@H]1[C@H](OCc2ccccc2)[C@H](OC(=N)C(Cl)(Cl)Cl)O[C@@H](C)[C@H]1OC(C)=O. The van der Waals surface area contributed by atoms with Gasteiger partial charge in [0, 0.05) is 13.8 Å². The van der Waals surface area contributed by atoms with E-state index in [0.29, 0.717) is 0 Å². The van der Waals surface area contributed by atoms with Crippen molar-refractivity contribution in [2.24, 2.45) is 0 Å². The Labute approximate surface area is 189 Å². The van der Waals surface area contributed by atoms with Crippen molar-refractivity contribution in [3.8, 4) is 0 Å². The van der Waals surface area contributed by atoms with Gasteiger partial charge in [-0.25, -0.2) is 0 Å². The van der Waals surface area contributed by atoms with Gasteiger partial charge < -0.3 is 23.7 Å². The van der Waals surface area contributed by atoms with E-state index in [1.54, 1.807) is 6.92 Å². The average molecular weight is 483 g/mol. The van der Waals surface area contributed by atoms with Crippen molar-refractivity contribution in [3.05, 3.63) is 35.9 Å². The van der Waals surface area contributed by atoms with Crippen LogP contribution in [0.2, 0.25) is 0 Å². The minimum atomic E-state index is -2.14. The van der Waals surface area contributed by atoms with Gasteiger partial charge in [-0.2, -0.15) is 0 Å². The summed E-state index contributed by atoms with van der Waals surface area (Å²) in [5.41, 5.74) is 0.817. The van der Waals surface area contributed by atoms with Crippen LogP contribution < -0.4 is 0 Å². The summed E-state index contributed by atoms with van der Waals surface area (Å²) < 4.78 is 25.6. The molecule has 0 bridgehead atoms. The van der Waals surface area contributed by atoms with E-state index in [9.17, 15) is 9.59 Å². The van der Waals surface area contributed by atoms with Crippen molar-refractivity contribution >= 4 is 52.6 Å². The zero-order valence-corrected chi connectivity index (χ0v) is 18.7. The smallest absolute Gasteiger partial charge is 0.303 e. The number of alkyl halides is 3. The molecule has 30 heavy (non-hydrogen) atoms. The van der Waals surface area contributed by atoms with Gasteiger partial charge in [0.15, 0.2) is 18.3 Å². The topological polar surface area (TPSA) is 104 Å². The van der Waals surface area contributed by atoms with E-state index in [2.05, 4.69) is 0 Å². The minimum absolute atomic E-state index is 0.0920. The molecule has 1 aromatic carbocycles. The van der Waals surface area contributed by atoms with Crippen LogP contribution in [0.3, 0.4) is 0 Å². The molecule has 11 heteroatoms. The standard InChI is InChI=1S/C19H22Cl3NO7/c1-10-14(28-11(2)24)15(29-12(3)25)16(26-9-13-7-5-4-6-8-13)17(27-10)30-18(23)19(20,21)22/h4-8,10,14-17,23H,9H2,1-3H3/t10-,14+,15+,16-,17-/m0/s1. The van der Waals surface area contributed by atoms with Crippen LogP contribution in [-0.2, 0) is 39.9 Å². The number of esters is 2. The van der Waals surface area contributed by atoms with Crippen molar-refractivity contribution in [1.82, 2.24) is 0 Å². The average Bonchev–Trinajstić information content (AvgIpc) is 2.63. The first kappa shape index (κ1) is 24.7. The fourth-order valence-electron chi connectivity index (χ4n) is 2.87. The number of carbonyl (C=O) groups is 2. The summed E-state index contributed by atoms with van der Waals surface area (Å²) in [5, 5.41) is 7.85. The number of nitrogens with one attached hydrogen (secondary N) is 1. The quantitative estimate of drug-likeness (QED) is 0.286. The highest BCUT2D eigenvalue weighted by Crippen LogP contribution is 2.33. The Balaban J connectivity index is 2.33. The van der Waals surface area contributed by atoms with Gasteiger partial charge in [0.05, 0.1) is 12.7 Å². The van der Waals surface area contributed by atoms with Crippen LogP contribution in [-0.4, -0.2) is 52.3 Å². The molecule has 1 fully saturated rings. The molecule has 0 saturated carbocycles. The Kier molecular flexibility index (Phi) is 8.75. The number of hydrogen-bond acceptors (Lipinski definition) is 8. The van der Waals surface area contributed by atoms with Gasteiger partial charge in [-0.1, -0.05) is 65.1 Å². The highest BCUT2D eigenvalue weighted by atomic mass is 35.6. The molecule has 0 aliphatic carbocycles. The van der Waals surface area contributed by atoms with Crippen LogP contribution in [0.25, 0.3) is 0 Å². The highest BCUT2D eigenvalue weighted by Gasteiger charge is 2.51. The predicted molar refractivity (Wildman–Crippen MR) is 110 cm³/mol. The normalized spacial score (nSPS) is 26.5. The number of halogens is 3. The second-order valence-corrected chi connectivity index (χ2v) is 8.84. The summed E-state index contributed by atoms with van der Waals surface area (Å²) in [5.74, 6) is -1.93. The Morgan fingerprint density at radius 3 is 2.10 bits per heavy atom. The first-order valence-electron chi connectivity index (χ1n) is 8.97. The second kappa shape index (κ2) is 10.6. The fraction of sp³-hybridized carbons (Fsp3) is 0.526. The maximum Gasteiger partial charge on any atom is 0.303 e. The van der Waals surface area contributed by atoms with Crippen LogP contribution >= 0.6 is 34.8 Å². The molecule has 2 rings (SSSR count). The van der Waals surface area contributed by atoms with E-state index >= 15 is 0 Å². The number of rotatable bonds is 6.